The first kappa shape index (κ1) is 12.0. The SMILES string of the molecule is CC(F)c1ccc(CCC(=O)O)c(Cl)c1. The number of hydrogen-bond acceptors (Lipinski definition) is 1. The van der Waals surface area contributed by atoms with Gasteiger partial charge >= 0.3 is 5.97 Å². The minimum absolute atomic E-state index is 0.0320. The molecule has 0 fully saturated rings. The lowest BCUT2D eigenvalue weighted by Gasteiger charge is -2.06. The Hall–Kier alpha value is -1.09. The molecule has 0 aromatic heterocycles. The molecule has 4 heteroatoms. The minimum Gasteiger partial charge on any atom is -0.481 e. The van der Waals surface area contributed by atoms with E-state index in [9.17, 15) is 9.18 Å². The van der Waals surface area contributed by atoms with Crippen molar-refractivity contribution in [2.45, 2.75) is 25.9 Å². The molecule has 1 N–H and O–H groups in total. The average Bonchev–Trinajstić information content (AvgIpc) is 2.15. The standard InChI is InChI=1S/C11H12ClFO2/c1-7(13)9-3-2-8(10(12)6-9)4-5-11(14)15/h2-3,6-7H,4-5H2,1H3,(H,14,15). The second kappa shape index (κ2) is 5.12. The molecular weight excluding hydrogens is 219 g/mol. The first-order valence-corrected chi connectivity index (χ1v) is 5.02. The second-order valence-electron chi connectivity index (χ2n) is 3.36. The Morgan fingerprint density at radius 2 is 2.27 bits per heavy atom. The van der Waals surface area contributed by atoms with Crippen molar-refractivity contribution in [3.63, 3.8) is 0 Å². The summed E-state index contributed by atoms with van der Waals surface area (Å²) in [6, 6.07) is 4.85. The van der Waals surface area contributed by atoms with Crippen LogP contribution in [-0.2, 0) is 11.2 Å². The molecule has 0 amide bonds. The predicted molar refractivity (Wildman–Crippen MR) is 56.9 cm³/mol. The zero-order chi connectivity index (χ0) is 11.4. The topological polar surface area (TPSA) is 37.3 Å². The lowest BCUT2D eigenvalue weighted by Crippen LogP contribution is -1.98. The van der Waals surface area contributed by atoms with Crippen LogP contribution in [0.15, 0.2) is 18.2 Å². The fraction of sp³-hybridized carbons (Fsp3) is 0.364. The number of carboxylic acids is 1. The molecule has 0 aliphatic rings. The molecule has 0 radical (unpaired) electrons. The van der Waals surface area contributed by atoms with Gasteiger partial charge in [-0.1, -0.05) is 23.7 Å². The molecule has 0 saturated carbocycles. The Morgan fingerprint density at radius 1 is 1.60 bits per heavy atom. The van der Waals surface area contributed by atoms with E-state index in [-0.39, 0.29) is 6.42 Å². The summed E-state index contributed by atoms with van der Waals surface area (Å²) in [7, 11) is 0. The highest BCUT2D eigenvalue weighted by molar-refractivity contribution is 6.31. The number of hydrogen-bond donors (Lipinski definition) is 1. The van der Waals surface area contributed by atoms with Crippen LogP contribution < -0.4 is 0 Å². The highest BCUT2D eigenvalue weighted by atomic mass is 35.5. The quantitative estimate of drug-likeness (QED) is 0.861. The number of aryl methyl sites for hydroxylation is 1. The van der Waals surface area contributed by atoms with Crippen LogP contribution in [0.25, 0.3) is 0 Å². The van der Waals surface area contributed by atoms with Crippen LogP contribution in [0.5, 0.6) is 0 Å². The van der Waals surface area contributed by atoms with E-state index in [4.69, 9.17) is 16.7 Å². The zero-order valence-corrected chi connectivity index (χ0v) is 9.09. The van der Waals surface area contributed by atoms with Gasteiger partial charge in [0.25, 0.3) is 0 Å². The van der Waals surface area contributed by atoms with Crippen LogP contribution in [0.2, 0.25) is 5.02 Å². The molecular formula is C11H12ClFO2. The Balaban J connectivity index is 2.79. The first-order chi connectivity index (χ1) is 7.00. The Kier molecular flexibility index (Phi) is 4.09. The van der Waals surface area contributed by atoms with Gasteiger partial charge in [-0.3, -0.25) is 4.79 Å². The van der Waals surface area contributed by atoms with Crippen molar-refractivity contribution in [1.29, 1.82) is 0 Å². The van der Waals surface area contributed by atoms with Crippen LogP contribution in [-0.4, -0.2) is 11.1 Å². The third-order valence-electron chi connectivity index (χ3n) is 2.14. The van der Waals surface area contributed by atoms with Gasteiger partial charge in [0.1, 0.15) is 6.17 Å². The van der Waals surface area contributed by atoms with E-state index in [1.165, 1.54) is 6.92 Å². The van der Waals surface area contributed by atoms with Crippen molar-refractivity contribution in [2.75, 3.05) is 0 Å². The lowest BCUT2D eigenvalue weighted by atomic mass is 10.1. The highest BCUT2D eigenvalue weighted by Crippen LogP contribution is 2.24. The van der Waals surface area contributed by atoms with Crippen LogP contribution in [0.1, 0.15) is 30.6 Å². The maximum atomic E-state index is 12.9. The van der Waals surface area contributed by atoms with E-state index in [1.807, 2.05) is 0 Å². The van der Waals surface area contributed by atoms with Gasteiger partial charge in [0, 0.05) is 11.4 Å². The van der Waals surface area contributed by atoms with Crippen LogP contribution in [0.3, 0.4) is 0 Å². The van der Waals surface area contributed by atoms with Crippen molar-refractivity contribution in [1.82, 2.24) is 0 Å². The van der Waals surface area contributed by atoms with Crippen molar-refractivity contribution in [2.24, 2.45) is 0 Å². The summed E-state index contributed by atoms with van der Waals surface area (Å²) in [4.78, 5) is 10.4. The highest BCUT2D eigenvalue weighted by Gasteiger charge is 2.07. The summed E-state index contributed by atoms with van der Waals surface area (Å²) < 4.78 is 12.9. The molecule has 15 heavy (non-hydrogen) atoms. The fourth-order valence-corrected chi connectivity index (χ4v) is 1.54. The van der Waals surface area contributed by atoms with Crippen LogP contribution >= 0.6 is 11.6 Å². The summed E-state index contributed by atoms with van der Waals surface area (Å²) in [6.07, 6.45) is -0.657. The number of aliphatic carboxylic acids is 1. The monoisotopic (exact) mass is 230 g/mol. The maximum Gasteiger partial charge on any atom is 0.303 e. The van der Waals surface area contributed by atoms with E-state index in [0.29, 0.717) is 17.0 Å². The molecule has 1 atom stereocenters. The van der Waals surface area contributed by atoms with E-state index >= 15 is 0 Å². The summed E-state index contributed by atoms with van der Waals surface area (Å²) in [5.41, 5.74) is 1.25. The van der Waals surface area contributed by atoms with Gasteiger partial charge in [-0.25, -0.2) is 4.39 Å². The molecule has 0 aliphatic heterocycles. The molecule has 0 saturated heterocycles. The van der Waals surface area contributed by atoms with Gasteiger partial charge in [0.05, 0.1) is 0 Å². The second-order valence-corrected chi connectivity index (χ2v) is 3.77. The van der Waals surface area contributed by atoms with Crippen molar-refractivity contribution in [3.8, 4) is 0 Å². The summed E-state index contributed by atoms with van der Waals surface area (Å²) in [5.74, 6) is -0.867. The third-order valence-corrected chi connectivity index (χ3v) is 2.50. The van der Waals surface area contributed by atoms with Crippen molar-refractivity contribution in [3.05, 3.63) is 34.3 Å². The number of rotatable bonds is 4. The molecule has 1 unspecified atom stereocenters. The molecule has 0 aliphatic carbocycles. The molecule has 0 bridgehead atoms. The van der Waals surface area contributed by atoms with E-state index < -0.39 is 12.1 Å². The first-order valence-electron chi connectivity index (χ1n) is 4.65. The lowest BCUT2D eigenvalue weighted by molar-refractivity contribution is -0.136. The fourth-order valence-electron chi connectivity index (χ4n) is 1.26. The van der Waals surface area contributed by atoms with Gasteiger partial charge in [-0.05, 0) is 30.5 Å². The van der Waals surface area contributed by atoms with E-state index in [0.717, 1.165) is 5.56 Å². The number of halogens is 2. The predicted octanol–water partition coefficient (Wildman–Crippen LogP) is 3.39. The van der Waals surface area contributed by atoms with Gasteiger partial charge in [-0.15, -0.1) is 0 Å². The summed E-state index contributed by atoms with van der Waals surface area (Å²) in [5, 5.41) is 8.93. The van der Waals surface area contributed by atoms with Gasteiger partial charge in [0.2, 0.25) is 0 Å². The molecule has 0 spiro atoms. The molecule has 1 aromatic carbocycles. The van der Waals surface area contributed by atoms with Crippen molar-refractivity contribution >= 4 is 17.6 Å². The Labute approximate surface area is 92.7 Å². The van der Waals surface area contributed by atoms with Gasteiger partial charge in [-0.2, -0.15) is 0 Å². The van der Waals surface area contributed by atoms with Crippen LogP contribution in [0, 0.1) is 0 Å². The van der Waals surface area contributed by atoms with Gasteiger partial charge < -0.3 is 5.11 Å². The summed E-state index contributed by atoms with van der Waals surface area (Å²) in [6.45, 7) is 1.43. The number of benzene rings is 1. The maximum absolute atomic E-state index is 12.9. The van der Waals surface area contributed by atoms with Crippen molar-refractivity contribution < 1.29 is 14.3 Å². The Morgan fingerprint density at radius 3 is 2.73 bits per heavy atom. The number of carbonyl (C=O) groups is 1. The zero-order valence-electron chi connectivity index (χ0n) is 8.34. The normalized spacial score (nSPS) is 12.5. The van der Waals surface area contributed by atoms with Gasteiger partial charge in [0.15, 0.2) is 0 Å². The van der Waals surface area contributed by atoms with E-state index in [2.05, 4.69) is 0 Å². The average molecular weight is 231 g/mol. The third kappa shape index (κ3) is 3.51. The molecule has 1 aromatic rings. The smallest absolute Gasteiger partial charge is 0.303 e. The molecule has 2 nitrogen and oxygen atoms in total. The van der Waals surface area contributed by atoms with Crippen LogP contribution in [0.4, 0.5) is 4.39 Å². The number of alkyl halides is 1. The molecule has 82 valence electrons. The molecule has 1 rings (SSSR count). The Bertz CT molecular complexity index is 364. The van der Waals surface area contributed by atoms with E-state index in [1.54, 1.807) is 18.2 Å². The molecule has 0 heterocycles. The largest absolute Gasteiger partial charge is 0.481 e. The summed E-state index contributed by atoms with van der Waals surface area (Å²) >= 11 is 5.90. The minimum atomic E-state index is -1.06. The number of carboxylic acid groups (broad SMARTS) is 1.